The van der Waals surface area contributed by atoms with Gasteiger partial charge in [0.05, 0.1) is 18.2 Å². The molecule has 4 rings (SSSR count). The molecule has 1 aromatic heterocycles. The monoisotopic (exact) mass is 383 g/mol. The van der Waals surface area contributed by atoms with E-state index in [4.69, 9.17) is 4.74 Å². The largest absolute Gasteiger partial charge is 0.371 e. The maximum atomic E-state index is 5.80. The van der Waals surface area contributed by atoms with Crippen molar-refractivity contribution in [2.75, 3.05) is 25.0 Å². The van der Waals surface area contributed by atoms with Crippen LogP contribution in [-0.4, -0.2) is 24.7 Å². The predicted octanol–water partition coefficient (Wildman–Crippen LogP) is 4.40. The molecule has 1 atom stereocenters. The number of anilines is 2. The molecule has 0 saturated carbocycles. The number of nitrogens with one attached hydrogen (secondary N) is 2. The Bertz CT molecular complexity index is 845. The Labute approximate surface area is 149 Å². The molecular weight excluding hydrogens is 366 g/mol. The van der Waals surface area contributed by atoms with Crippen LogP contribution in [0.1, 0.15) is 11.7 Å². The third kappa shape index (κ3) is 3.15. The first kappa shape index (κ1) is 15.6. The van der Waals surface area contributed by atoms with E-state index >= 15 is 0 Å². The van der Waals surface area contributed by atoms with Gasteiger partial charge in [0.25, 0.3) is 0 Å². The van der Waals surface area contributed by atoms with Crippen LogP contribution in [0.3, 0.4) is 0 Å². The molecule has 122 valence electrons. The van der Waals surface area contributed by atoms with Crippen molar-refractivity contribution in [3.05, 3.63) is 64.8 Å². The fraction of sp³-hybridized carbons (Fsp3) is 0.211. The first-order valence-electron chi connectivity index (χ1n) is 8.04. The Hall–Kier alpha value is -1.95. The average molecular weight is 384 g/mol. The van der Waals surface area contributed by atoms with E-state index in [2.05, 4.69) is 67.9 Å². The second-order valence-corrected chi connectivity index (χ2v) is 6.66. The summed E-state index contributed by atoms with van der Waals surface area (Å²) >= 11 is 3.56. The van der Waals surface area contributed by atoms with Gasteiger partial charge >= 0.3 is 0 Å². The number of aromatic nitrogens is 1. The molecule has 0 spiro atoms. The highest BCUT2D eigenvalue weighted by atomic mass is 79.9. The highest BCUT2D eigenvalue weighted by molar-refractivity contribution is 9.10. The summed E-state index contributed by atoms with van der Waals surface area (Å²) in [5, 5.41) is 7.94. The molecule has 1 aliphatic rings. The number of fused-ring (bicyclic) bond motifs is 1. The summed E-state index contributed by atoms with van der Waals surface area (Å²) in [6.07, 6.45) is 1.95. The summed E-state index contributed by atoms with van der Waals surface area (Å²) in [6.45, 7) is 2.57. The molecule has 3 aromatic rings. The molecule has 0 bridgehead atoms. The van der Waals surface area contributed by atoms with Crippen molar-refractivity contribution < 1.29 is 4.74 Å². The molecular formula is C19H18BrN3O. The fourth-order valence-electron chi connectivity index (χ4n) is 2.96. The number of benzene rings is 2. The van der Waals surface area contributed by atoms with Gasteiger partial charge in [-0.05, 0) is 57.9 Å². The van der Waals surface area contributed by atoms with Crippen LogP contribution in [0.2, 0.25) is 0 Å². The molecule has 2 aromatic carbocycles. The number of hydrogen-bond acceptors (Lipinski definition) is 4. The zero-order valence-electron chi connectivity index (χ0n) is 13.1. The van der Waals surface area contributed by atoms with Crippen LogP contribution in [0, 0.1) is 0 Å². The molecule has 2 heterocycles. The van der Waals surface area contributed by atoms with Crippen molar-refractivity contribution in [2.24, 2.45) is 0 Å². The zero-order valence-corrected chi connectivity index (χ0v) is 14.7. The van der Waals surface area contributed by atoms with Gasteiger partial charge < -0.3 is 15.4 Å². The van der Waals surface area contributed by atoms with Crippen molar-refractivity contribution >= 4 is 38.2 Å². The summed E-state index contributed by atoms with van der Waals surface area (Å²) in [6, 6.07) is 16.6. The van der Waals surface area contributed by atoms with Crippen LogP contribution in [-0.2, 0) is 4.74 Å². The Kier molecular flexibility index (Phi) is 4.47. The number of nitrogens with zero attached hydrogens (tertiary/aromatic N) is 1. The third-order valence-electron chi connectivity index (χ3n) is 4.21. The molecule has 24 heavy (non-hydrogen) atoms. The zero-order chi connectivity index (χ0) is 16.4. The summed E-state index contributed by atoms with van der Waals surface area (Å²) in [4.78, 5) is 4.45. The van der Waals surface area contributed by atoms with Gasteiger partial charge in [-0.2, -0.15) is 0 Å². The van der Waals surface area contributed by atoms with Crippen LogP contribution in [0.4, 0.5) is 11.4 Å². The van der Waals surface area contributed by atoms with Gasteiger partial charge in [-0.15, -0.1) is 0 Å². The van der Waals surface area contributed by atoms with Crippen LogP contribution in [0.25, 0.3) is 10.9 Å². The average Bonchev–Trinajstić information content (AvgIpc) is 2.66. The molecule has 4 nitrogen and oxygen atoms in total. The second kappa shape index (κ2) is 6.89. The first-order valence-corrected chi connectivity index (χ1v) is 8.83. The second-order valence-electron chi connectivity index (χ2n) is 5.81. The maximum absolute atomic E-state index is 5.80. The highest BCUT2D eigenvalue weighted by Crippen LogP contribution is 2.31. The predicted molar refractivity (Wildman–Crippen MR) is 101 cm³/mol. The number of halogens is 1. The Morgan fingerprint density at radius 2 is 2.00 bits per heavy atom. The lowest BCUT2D eigenvalue weighted by Crippen LogP contribution is -2.33. The molecule has 2 N–H and O–H groups in total. The van der Waals surface area contributed by atoms with Crippen molar-refractivity contribution in [1.29, 1.82) is 0 Å². The van der Waals surface area contributed by atoms with Crippen molar-refractivity contribution in [3.8, 4) is 0 Å². The van der Waals surface area contributed by atoms with Crippen molar-refractivity contribution in [1.82, 2.24) is 10.3 Å². The Morgan fingerprint density at radius 3 is 2.79 bits per heavy atom. The van der Waals surface area contributed by atoms with Crippen molar-refractivity contribution in [2.45, 2.75) is 6.10 Å². The molecule has 1 aliphatic heterocycles. The fourth-order valence-corrected chi connectivity index (χ4v) is 3.41. The minimum absolute atomic E-state index is 0.144. The summed E-state index contributed by atoms with van der Waals surface area (Å²) in [7, 11) is 0. The Balaban J connectivity index is 1.58. The van der Waals surface area contributed by atoms with E-state index in [1.807, 2.05) is 18.3 Å². The topological polar surface area (TPSA) is 46.2 Å². The quantitative estimate of drug-likeness (QED) is 0.703. The Morgan fingerprint density at radius 1 is 1.12 bits per heavy atom. The van der Waals surface area contributed by atoms with Gasteiger partial charge in [0, 0.05) is 40.5 Å². The van der Waals surface area contributed by atoms with E-state index in [-0.39, 0.29) is 6.10 Å². The number of morpholine rings is 1. The van der Waals surface area contributed by atoms with E-state index in [9.17, 15) is 0 Å². The first-order chi connectivity index (χ1) is 11.8. The smallest absolute Gasteiger partial charge is 0.0949 e. The van der Waals surface area contributed by atoms with E-state index in [0.717, 1.165) is 46.4 Å². The molecule has 0 aliphatic carbocycles. The van der Waals surface area contributed by atoms with E-state index < -0.39 is 0 Å². The highest BCUT2D eigenvalue weighted by Gasteiger charge is 2.15. The number of hydrogen-bond donors (Lipinski definition) is 2. The van der Waals surface area contributed by atoms with E-state index in [0.29, 0.717) is 0 Å². The van der Waals surface area contributed by atoms with E-state index in [1.165, 1.54) is 5.56 Å². The lowest BCUT2D eigenvalue weighted by atomic mass is 10.1. The van der Waals surface area contributed by atoms with Crippen LogP contribution < -0.4 is 10.6 Å². The lowest BCUT2D eigenvalue weighted by Gasteiger charge is -2.24. The van der Waals surface area contributed by atoms with Gasteiger partial charge in [-0.1, -0.05) is 12.1 Å². The number of rotatable bonds is 3. The third-order valence-corrected chi connectivity index (χ3v) is 4.85. The van der Waals surface area contributed by atoms with Gasteiger partial charge in [0.15, 0.2) is 0 Å². The van der Waals surface area contributed by atoms with Crippen LogP contribution in [0.5, 0.6) is 0 Å². The minimum atomic E-state index is 0.144. The minimum Gasteiger partial charge on any atom is -0.371 e. The normalized spacial score (nSPS) is 17.8. The SMILES string of the molecule is Brc1ccc(Nc2ccc([C@H]3CNCCO3)cc2)c2cccnc12. The molecule has 0 amide bonds. The summed E-state index contributed by atoms with van der Waals surface area (Å²) in [5.74, 6) is 0. The summed E-state index contributed by atoms with van der Waals surface area (Å²) < 4.78 is 6.80. The standard InChI is InChI=1S/C19H18BrN3O/c20-16-7-8-17(15-2-1-9-22-19(15)16)23-14-5-3-13(4-6-14)18-12-21-10-11-24-18/h1-9,18,21,23H,10-12H2/t18-/m1/s1. The van der Waals surface area contributed by atoms with Gasteiger partial charge in [-0.3, -0.25) is 4.98 Å². The molecule has 0 unspecified atom stereocenters. The van der Waals surface area contributed by atoms with Crippen molar-refractivity contribution in [3.63, 3.8) is 0 Å². The molecule has 1 saturated heterocycles. The molecule has 1 fully saturated rings. The molecule has 0 radical (unpaired) electrons. The maximum Gasteiger partial charge on any atom is 0.0949 e. The van der Waals surface area contributed by atoms with Gasteiger partial charge in [-0.25, -0.2) is 0 Å². The van der Waals surface area contributed by atoms with E-state index in [1.54, 1.807) is 0 Å². The number of ether oxygens (including phenoxy) is 1. The van der Waals surface area contributed by atoms with Gasteiger partial charge in [0.2, 0.25) is 0 Å². The molecule has 5 heteroatoms. The van der Waals surface area contributed by atoms with Gasteiger partial charge in [0.1, 0.15) is 0 Å². The van der Waals surface area contributed by atoms with Crippen LogP contribution in [0.15, 0.2) is 59.2 Å². The van der Waals surface area contributed by atoms with Crippen LogP contribution >= 0.6 is 15.9 Å². The summed E-state index contributed by atoms with van der Waals surface area (Å²) in [5.41, 5.74) is 4.26. The number of pyridine rings is 1. The lowest BCUT2D eigenvalue weighted by molar-refractivity contribution is 0.0277.